The predicted molar refractivity (Wildman–Crippen MR) is 104 cm³/mol. The Morgan fingerprint density at radius 3 is 2.80 bits per heavy atom. The summed E-state index contributed by atoms with van der Waals surface area (Å²) in [6.45, 7) is 2.16. The second kappa shape index (κ2) is 6.82. The Morgan fingerprint density at radius 1 is 1.32 bits per heavy atom. The second-order valence-corrected chi connectivity index (χ2v) is 8.31. The lowest BCUT2D eigenvalue weighted by molar-refractivity contribution is 0.465. The van der Waals surface area contributed by atoms with Crippen LogP contribution in [0.1, 0.15) is 28.6 Å². The minimum absolute atomic E-state index is 0.165. The predicted octanol–water partition coefficient (Wildman–Crippen LogP) is 4.20. The normalized spacial score (nSPS) is 20.9. The van der Waals surface area contributed by atoms with Crippen LogP contribution < -0.4 is 10.6 Å². The lowest BCUT2D eigenvalue weighted by Gasteiger charge is -2.21. The highest BCUT2D eigenvalue weighted by atomic mass is 32.1. The number of halogens is 1. The molecule has 4 rings (SSSR count). The van der Waals surface area contributed by atoms with E-state index < -0.39 is 5.83 Å². The molecule has 0 spiro atoms. The average Bonchev–Trinajstić information content (AvgIpc) is 3.18. The van der Waals surface area contributed by atoms with Crippen LogP contribution in [0.25, 0.3) is 15.1 Å². The van der Waals surface area contributed by atoms with Crippen LogP contribution >= 0.6 is 22.7 Å². The van der Waals surface area contributed by atoms with Crippen LogP contribution in [0.4, 0.5) is 4.39 Å². The van der Waals surface area contributed by atoms with Gasteiger partial charge >= 0.3 is 0 Å². The van der Waals surface area contributed by atoms with Crippen molar-refractivity contribution >= 4 is 43.5 Å². The molecular formula is C18H19FN4S2. The molecule has 1 aliphatic heterocycles. The summed E-state index contributed by atoms with van der Waals surface area (Å²) in [5, 5.41) is 15.0. The third kappa shape index (κ3) is 3.19. The summed E-state index contributed by atoms with van der Waals surface area (Å²) in [6, 6.07) is 2.25. The number of allylic oxidation sites excluding steroid dienone is 5. The van der Waals surface area contributed by atoms with Crippen molar-refractivity contribution in [2.75, 3.05) is 20.1 Å². The number of nitrogens with zero attached hydrogens (tertiary/aromatic N) is 1. The van der Waals surface area contributed by atoms with Gasteiger partial charge in [-0.3, -0.25) is 0 Å². The fourth-order valence-electron chi connectivity index (χ4n) is 3.22. The van der Waals surface area contributed by atoms with E-state index in [-0.39, 0.29) is 11.3 Å². The topological polar surface area (TPSA) is 60.8 Å². The molecule has 0 saturated carbocycles. The van der Waals surface area contributed by atoms with E-state index in [2.05, 4.69) is 16.7 Å². The maximum absolute atomic E-state index is 14.3. The Labute approximate surface area is 153 Å². The van der Waals surface area contributed by atoms with Crippen LogP contribution in [0.3, 0.4) is 0 Å². The van der Waals surface area contributed by atoms with Gasteiger partial charge in [0.25, 0.3) is 0 Å². The average molecular weight is 375 g/mol. The maximum Gasteiger partial charge on any atom is 0.135 e. The molecule has 3 N–H and O–H groups in total. The molecule has 1 aliphatic carbocycles. The van der Waals surface area contributed by atoms with Crippen LogP contribution in [0.15, 0.2) is 35.8 Å². The minimum Gasteiger partial charge on any atom is -0.393 e. The molecule has 0 atom stereocenters. The summed E-state index contributed by atoms with van der Waals surface area (Å²) in [6.07, 6.45) is 7.02. The van der Waals surface area contributed by atoms with Gasteiger partial charge in [0.05, 0.1) is 16.0 Å². The highest BCUT2D eigenvalue weighted by Crippen LogP contribution is 2.40. The van der Waals surface area contributed by atoms with Crippen molar-refractivity contribution in [2.45, 2.75) is 18.8 Å². The number of hydrogen-bond donors (Lipinski definition) is 3. The molecule has 7 heteroatoms. The van der Waals surface area contributed by atoms with Crippen molar-refractivity contribution in [3.05, 3.63) is 45.7 Å². The van der Waals surface area contributed by atoms with Crippen molar-refractivity contribution in [1.29, 1.82) is 5.41 Å². The first-order valence-corrected chi connectivity index (χ1v) is 9.96. The Bertz CT molecular complexity index is 881. The third-order valence-corrected chi connectivity index (χ3v) is 6.89. The summed E-state index contributed by atoms with van der Waals surface area (Å²) < 4.78 is 15.4. The van der Waals surface area contributed by atoms with Crippen molar-refractivity contribution in [2.24, 2.45) is 0 Å². The van der Waals surface area contributed by atoms with Gasteiger partial charge in [0.2, 0.25) is 0 Å². The smallest absolute Gasteiger partial charge is 0.135 e. The number of fused-ring (bicyclic) bond motifs is 1. The molecule has 1 saturated heterocycles. The van der Waals surface area contributed by atoms with Gasteiger partial charge in [0, 0.05) is 23.7 Å². The Hall–Kier alpha value is -1.83. The first-order valence-electron chi connectivity index (χ1n) is 8.32. The Morgan fingerprint density at radius 2 is 2.12 bits per heavy atom. The van der Waals surface area contributed by atoms with Crippen molar-refractivity contribution < 1.29 is 4.39 Å². The van der Waals surface area contributed by atoms with E-state index in [0.717, 1.165) is 27.6 Å². The summed E-state index contributed by atoms with van der Waals surface area (Å²) in [7, 11) is 1.70. The Kier molecular flexibility index (Phi) is 4.54. The molecule has 0 radical (unpaired) electrons. The molecule has 2 aromatic heterocycles. The van der Waals surface area contributed by atoms with E-state index in [1.807, 2.05) is 0 Å². The van der Waals surface area contributed by atoms with E-state index in [4.69, 9.17) is 10.4 Å². The van der Waals surface area contributed by atoms with E-state index >= 15 is 0 Å². The van der Waals surface area contributed by atoms with E-state index in [9.17, 15) is 4.39 Å². The number of hydrogen-bond acceptors (Lipinski definition) is 6. The standard InChI is InChI=1S/C18H19FN4S2/c1-21-9-12-13(19)6-11(7-14(12)20)17-23-18-16(25-17)8-15(24-18)10-2-4-22-5-3-10/h6-10,20-22H,2-5H2,1H3/b12-9-,20-14?. The fraction of sp³-hybridized carbons (Fsp3) is 0.333. The zero-order valence-corrected chi connectivity index (χ0v) is 15.5. The van der Waals surface area contributed by atoms with Crippen LogP contribution in [0.2, 0.25) is 0 Å². The van der Waals surface area contributed by atoms with Gasteiger partial charge in [0.15, 0.2) is 0 Å². The van der Waals surface area contributed by atoms with Crippen molar-refractivity contribution in [1.82, 2.24) is 15.6 Å². The van der Waals surface area contributed by atoms with E-state index in [1.54, 1.807) is 35.8 Å². The summed E-state index contributed by atoms with van der Waals surface area (Å²) in [5.41, 5.74) is 1.11. The van der Waals surface area contributed by atoms with Crippen LogP contribution in [0.5, 0.6) is 0 Å². The molecule has 0 amide bonds. The summed E-state index contributed by atoms with van der Waals surface area (Å²) in [4.78, 5) is 7.13. The van der Waals surface area contributed by atoms with Gasteiger partial charge in [-0.15, -0.1) is 22.7 Å². The molecule has 3 heterocycles. The van der Waals surface area contributed by atoms with E-state index in [1.165, 1.54) is 30.0 Å². The number of thiophene rings is 1. The first kappa shape index (κ1) is 16.6. The molecule has 2 aromatic rings. The third-order valence-electron chi connectivity index (χ3n) is 4.52. The van der Waals surface area contributed by atoms with Gasteiger partial charge in [-0.2, -0.15) is 0 Å². The number of nitrogens with one attached hydrogen (secondary N) is 3. The number of rotatable bonds is 3. The summed E-state index contributed by atoms with van der Waals surface area (Å²) in [5.74, 6) is 0.232. The van der Waals surface area contributed by atoms with Crippen LogP contribution in [-0.2, 0) is 0 Å². The fourth-order valence-corrected chi connectivity index (χ4v) is 5.60. The highest BCUT2D eigenvalue weighted by Gasteiger charge is 2.22. The zero-order chi connectivity index (χ0) is 17.4. The number of piperidine rings is 1. The largest absolute Gasteiger partial charge is 0.393 e. The van der Waals surface area contributed by atoms with Crippen molar-refractivity contribution in [3.8, 4) is 0 Å². The second-order valence-electron chi connectivity index (χ2n) is 6.21. The Balaban J connectivity index is 1.62. The van der Waals surface area contributed by atoms with Crippen LogP contribution in [0, 0.1) is 5.41 Å². The highest BCUT2D eigenvalue weighted by molar-refractivity contribution is 7.27. The molecule has 0 unspecified atom stereocenters. The summed E-state index contributed by atoms with van der Waals surface area (Å²) >= 11 is 3.33. The number of thiazole rings is 1. The molecule has 1 fully saturated rings. The molecule has 25 heavy (non-hydrogen) atoms. The zero-order valence-electron chi connectivity index (χ0n) is 13.9. The first-order chi connectivity index (χ1) is 12.2. The molecular weight excluding hydrogens is 355 g/mol. The van der Waals surface area contributed by atoms with Gasteiger partial charge in [-0.05, 0) is 50.1 Å². The molecule has 2 aliphatic rings. The van der Waals surface area contributed by atoms with Gasteiger partial charge in [-0.25, -0.2) is 9.37 Å². The molecule has 0 aromatic carbocycles. The minimum atomic E-state index is -0.397. The van der Waals surface area contributed by atoms with Gasteiger partial charge in [-0.1, -0.05) is 0 Å². The lowest BCUT2D eigenvalue weighted by atomic mass is 9.97. The van der Waals surface area contributed by atoms with Gasteiger partial charge < -0.3 is 16.0 Å². The molecule has 0 bridgehead atoms. The quantitative estimate of drug-likeness (QED) is 0.755. The number of aromatic nitrogens is 1. The van der Waals surface area contributed by atoms with E-state index in [0.29, 0.717) is 11.5 Å². The molecule has 4 nitrogen and oxygen atoms in total. The van der Waals surface area contributed by atoms with Crippen molar-refractivity contribution in [3.63, 3.8) is 0 Å². The maximum atomic E-state index is 14.3. The molecule has 130 valence electrons. The lowest BCUT2D eigenvalue weighted by Crippen LogP contribution is -2.26. The van der Waals surface area contributed by atoms with Crippen LogP contribution in [-0.4, -0.2) is 30.8 Å². The monoisotopic (exact) mass is 374 g/mol. The SMILES string of the molecule is CN/C=C1\C(=N)C=C(c2nc3sc(C4CCNCC4)cc3s2)C=C1F. The van der Waals surface area contributed by atoms with Gasteiger partial charge in [0.1, 0.15) is 15.7 Å².